The molecule has 2 saturated heterocycles. The molecule has 19 heavy (non-hydrogen) atoms. The lowest BCUT2D eigenvalue weighted by Crippen LogP contribution is -2.52. The first-order valence-corrected chi connectivity index (χ1v) is 6.80. The van der Waals surface area contributed by atoms with Crippen LogP contribution in [0.3, 0.4) is 0 Å². The average molecular weight is 270 g/mol. The molecule has 0 aliphatic carbocycles. The third-order valence-electron chi connectivity index (χ3n) is 3.89. The van der Waals surface area contributed by atoms with E-state index in [4.69, 9.17) is 9.84 Å². The molecule has 0 aromatic rings. The first-order valence-electron chi connectivity index (χ1n) is 6.80. The van der Waals surface area contributed by atoms with E-state index in [1.54, 1.807) is 9.80 Å². The van der Waals surface area contributed by atoms with Crippen LogP contribution in [0.25, 0.3) is 0 Å². The topological polar surface area (TPSA) is 70.1 Å². The molecule has 0 aromatic carbocycles. The van der Waals surface area contributed by atoms with Crippen LogP contribution in [-0.2, 0) is 9.53 Å². The predicted octanol–water partition coefficient (Wildman–Crippen LogP) is 0.868. The zero-order chi connectivity index (χ0) is 14.2. The minimum Gasteiger partial charge on any atom is -0.481 e. The van der Waals surface area contributed by atoms with Crippen molar-refractivity contribution in [3.63, 3.8) is 0 Å². The largest absolute Gasteiger partial charge is 0.481 e. The fourth-order valence-corrected chi connectivity index (χ4v) is 2.98. The number of aliphatic carboxylic acids is 1. The van der Waals surface area contributed by atoms with E-state index in [2.05, 4.69) is 0 Å². The summed E-state index contributed by atoms with van der Waals surface area (Å²) in [5.74, 6) is -1.25. The normalized spacial score (nSPS) is 35.5. The molecule has 2 aliphatic heterocycles. The second kappa shape index (κ2) is 5.36. The number of ether oxygens (including phenoxy) is 1. The van der Waals surface area contributed by atoms with Crippen LogP contribution in [0.1, 0.15) is 20.8 Å². The Kier molecular flexibility index (Phi) is 3.99. The Hall–Kier alpha value is -1.30. The van der Waals surface area contributed by atoms with E-state index in [-0.39, 0.29) is 24.2 Å². The molecule has 4 atom stereocenters. The highest BCUT2D eigenvalue weighted by atomic mass is 16.5. The molecule has 2 amide bonds. The number of rotatable bonds is 1. The summed E-state index contributed by atoms with van der Waals surface area (Å²) in [4.78, 5) is 26.9. The van der Waals surface area contributed by atoms with Gasteiger partial charge in [0, 0.05) is 26.2 Å². The highest BCUT2D eigenvalue weighted by molar-refractivity contribution is 5.78. The highest BCUT2D eigenvalue weighted by Crippen LogP contribution is 2.25. The molecule has 6 nitrogen and oxygen atoms in total. The van der Waals surface area contributed by atoms with E-state index in [0.29, 0.717) is 26.2 Å². The Morgan fingerprint density at radius 3 is 2.00 bits per heavy atom. The van der Waals surface area contributed by atoms with Gasteiger partial charge in [0.05, 0.1) is 18.1 Å². The van der Waals surface area contributed by atoms with Gasteiger partial charge in [-0.2, -0.15) is 0 Å². The molecule has 2 aliphatic rings. The Balaban J connectivity index is 1.99. The van der Waals surface area contributed by atoms with Crippen molar-refractivity contribution < 1.29 is 19.4 Å². The molecule has 2 rings (SSSR count). The Morgan fingerprint density at radius 2 is 1.53 bits per heavy atom. The van der Waals surface area contributed by atoms with Gasteiger partial charge < -0.3 is 19.6 Å². The third kappa shape index (κ3) is 3.00. The van der Waals surface area contributed by atoms with Gasteiger partial charge in [-0.3, -0.25) is 4.79 Å². The van der Waals surface area contributed by atoms with Gasteiger partial charge in [-0.15, -0.1) is 0 Å². The fraction of sp³-hybridized carbons (Fsp3) is 0.846. The lowest BCUT2D eigenvalue weighted by atomic mass is 9.99. The number of carbonyl (C=O) groups excluding carboxylic acids is 1. The van der Waals surface area contributed by atoms with Crippen molar-refractivity contribution >= 4 is 12.0 Å². The van der Waals surface area contributed by atoms with Crippen molar-refractivity contribution in [1.29, 1.82) is 0 Å². The van der Waals surface area contributed by atoms with Crippen molar-refractivity contribution in [2.75, 3.05) is 26.2 Å². The smallest absolute Gasteiger partial charge is 0.320 e. The van der Waals surface area contributed by atoms with Crippen LogP contribution in [0.2, 0.25) is 0 Å². The molecule has 4 unspecified atom stereocenters. The van der Waals surface area contributed by atoms with Crippen molar-refractivity contribution in [3.05, 3.63) is 0 Å². The van der Waals surface area contributed by atoms with Gasteiger partial charge in [0.25, 0.3) is 0 Å². The van der Waals surface area contributed by atoms with Crippen LogP contribution >= 0.6 is 0 Å². The second-order valence-electron chi connectivity index (χ2n) is 5.77. The number of hydrogen-bond acceptors (Lipinski definition) is 3. The maximum absolute atomic E-state index is 12.4. The van der Waals surface area contributed by atoms with E-state index < -0.39 is 11.9 Å². The van der Waals surface area contributed by atoms with E-state index in [1.165, 1.54) is 0 Å². The summed E-state index contributed by atoms with van der Waals surface area (Å²) in [5, 5.41) is 9.11. The molecule has 0 bridgehead atoms. The van der Waals surface area contributed by atoms with E-state index >= 15 is 0 Å². The summed E-state index contributed by atoms with van der Waals surface area (Å²) < 4.78 is 5.60. The number of morpholine rings is 1. The third-order valence-corrected chi connectivity index (χ3v) is 3.89. The molecule has 1 N–H and O–H groups in total. The van der Waals surface area contributed by atoms with Crippen LogP contribution in [-0.4, -0.2) is 65.3 Å². The van der Waals surface area contributed by atoms with Gasteiger partial charge in [0.15, 0.2) is 0 Å². The summed E-state index contributed by atoms with van der Waals surface area (Å²) >= 11 is 0. The molecule has 6 heteroatoms. The maximum Gasteiger partial charge on any atom is 0.320 e. The maximum atomic E-state index is 12.4. The Labute approximate surface area is 113 Å². The van der Waals surface area contributed by atoms with Crippen molar-refractivity contribution in [2.24, 2.45) is 11.8 Å². The van der Waals surface area contributed by atoms with Gasteiger partial charge >= 0.3 is 12.0 Å². The Morgan fingerprint density at radius 1 is 1.00 bits per heavy atom. The van der Waals surface area contributed by atoms with Crippen molar-refractivity contribution in [1.82, 2.24) is 9.80 Å². The van der Waals surface area contributed by atoms with Gasteiger partial charge in [0.2, 0.25) is 0 Å². The number of hydrogen-bond donors (Lipinski definition) is 1. The standard InChI is InChI=1S/C13H22N2O4/c1-8-4-14(7-11(8)12(16)17)13(18)15-5-9(2)19-10(3)6-15/h8-11H,4-7H2,1-3H3,(H,16,17). The van der Waals surface area contributed by atoms with E-state index in [0.717, 1.165) is 0 Å². The molecular formula is C13H22N2O4. The summed E-state index contributed by atoms with van der Waals surface area (Å²) in [5.41, 5.74) is 0. The number of urea groups is 1. The molecule has 108 valence electrons. The van der Waals surface area contributed by atoms with E-state index in [9.17, 15) is 9.59 Å². The quantitative estimate of drug-likeness (QED) is 0.767. The van der Waals surface area contributed by atoms with Crippen LogP contribution < -0.4 is 0 Å². The summed E-state index contributed by atoms with van der Waals surface area (Å²) in [7, 11) is 0. The van der Waals surface area contributed by atoms with Crippen molar-refractivity contribution in [3.8, 4) is 0 Å². The Bertz CT molecular complexity index is 364. The number of amides is 2. The predicted molar refractivity (Wildman–Crippen MR) is 68.8 cm³/mol. The summed E-state index contributed by atoms with van der Waals surface area (Å²) in [6, 6.07) is -0.0578. The fourth-order valence-electron chi connectivity index (χ4n) is 2.98. The lowest BCUT2D eigenvalue weighted by Gasteiger charge is -2.37. The molecular weight excluding hydrogens is 248 g/mol. The van der Waals surface area contributed by atoms with Crippen LogP contribution in [0.4, 0.5) is 4.79 Å². The SMILES string of the molecule is CC1CN(C(=O)N2CC(C)C(C(=O)O)C2)CC(C)O1. The summed E-state index contributed by atoms with van der Waals surface area (Å²) in [6.45, 7) is 7.77. The van der Waals surface area contributed by atoms with Gasteiger partial charge in [-0.1, -0.05) is 6.92 Å². The summed E-state index contributed by atoms with van der Waals surface area (Å²) in [6.07, 6.45) is 0.0611. The van der Waals surface area contributed by atoms with Gasteiger partial charge in [0.1, 0.15) is 0 Å². The lowest BCUT2D eigenvalue weighted by molar-refractivity contribution is -0.142. The molecule has 0 aromatic heterocycles. The minimum atomic E-state index is -0.813. The number of nitrogens with zero attached hydrogens (tertiary/aromatic N) is 2. The molecule has 2 fully saturated rings. The van der Waals surface area contributed by atoms with Crippen LogP contribution in [0, 0.1) is 11.8 Å². The molecule has 0 radical (unpaired) electrons. The molecule has 0 spiro atoms. The number of carbonyl (C=O) groups is 2. The number of carboxylic acids is 1. The van der Waals surface area contributed by atoms with Crippen LogP contribution in [0.5, 0.6) is 0 Å². The minimum absolute atomic E-state index is 0.0114. The first-order chi connectivity index (χ1) is 8.88. The first kappa shape index (κ1) is 14.1. The van der Waals surface area contributed by atoms with E-state index in [1.807, 2.05) is 20.8 Å². The monoisotopic (exact) mass is 270 g/mol. The molecule has 0 saturated carbocycles. The second-order valence-corrected chi connectivity index (χ2v) is 5.77. The van der Waals surface area contributed by atoms with Crippen molar-refractivity contribution in [2.45, 2.75) is 33.0 Å². The van der Waals surface area contributed by atoms with Crippen LogP contribution in [0.15, 0.2) is 0 Å². The highest BCUT2D eigenvalue weighted by Gasteiger charge is 2.39. The average Bonchev–Trinajstić information content (AvgIpc) is 2.69. The number of likely N-dealkylation sites (tertiary alicyclic amines) is 1. The zero-order valence-electron chi connectivity index (χ0n) is 11.7. The zero-order valence-corrected chi connectivity index (χ0v) is 11.7. The number of carboxylic acid groups (broad SMARTS) is 1. The van der Waals surface area contributed by atoms with Gasteiger partial charge in [-0.05, 0) is 19.8 Å². The molecule has 2 heterocycles. The van der Waals surface area contributed by atoms with Gasteiger partial charge in [-0.25, -0.2) is 4.79 Å².